The van der Waals surface area contributed by atoms with Crippen LogP contribution in [0.2, 0.25) is 0 Å². The zero-order valence-corrected chi connectivity index (χ0v) is 50.1. The number of rotatable bonds is 38. The lowest BCUT2D eigenvalue weighted by molar-refractivity contribution is -0.397. The summed E-state index contributed by atoms with van der Waals surface area (Å²) in [6.45, 7) is 12.3. The number of aliphatic carboxylic acids is 3. The number of nitrogens with one attached hydrogen (secondary N) is 6. The highest BCUT2D eigenvalue weighted by Crippen LogP contribution is 2.36. The Hall–Kier alpha value is -6.81. The second-order valence-corrected chi connectivity index (χ2v) is 22.7. The van der Waals surface area contributed by atoms with Crippen molar-refractivity contribution >= 4 is 66.9 Å². The number of hydrazine groups is 1. The average molecular weight is 1190 g/mol. The van der Waals surface area contributed by atoms with E-state index in [0.717, 1.165) is 5.56 Å². The van der Waals surface area contributed by atoms with Gasteiger partial charge in [0.05, 0.1) is 75.6 Å². The van der Waals surface area contributed by atoms with Gasteiger partial charge in [0.2, 0.25) is 29.5 Å². The molecule has 1 unspecified atom stereocenters. The first-order chi connectivity index (χ1) is 39.1. The van der Waals surface area contributed by atoms with Gasteiger partial charge >= 0.3 is 31.4 Å². The zero-order chi connectivity index (χ0) is 62.7. The number of carboxylic acids is 3. The van der Waals surface area contributed by atoms with Gasteiger partial charge in [-0.3, -0.25) is 34.2 Å². The summed E-state index contributed by atoms with van der Waals surface area (Å²) >= 11 is 0. The molecule has 1 aromatic rings. The Labute approximate surface area is 484 Å². The number of carbonyl (C=O) groups excluding carboxylic acids is 7. The van der Waals surface area contributed by atoms with E-state index in [-0.39, 0.29) is 68.5 Å². The summed E-state index contributed by atoms with van der Waals surface area (Å²) in [6, 6.07) is 4.49. The Morgan fingerprint density at radius 3 is 1.98 bits per heavy atom. The molecule has 0 radical (unpaired) electrons. The lowest BCUT2D eigenvalue weighted by Gasteiger charge is -2.41. The van der Waals surface area contributed by atoms with Gasteiger partial charge in [0.25, 0.3) is 5.91 Å². The number of ether oxygens (including phenoxy) is 4. The summed E-state index contributed by atoms with van der Waals surface area (Å²) in [5, 5.41) is 37.4. The first-order valence-electron chi connectivity index (χ1n) is 27.3. The Kier molecular flexibility index (Phi) is 31.4. The molecule has 1 heterocycles. The highest BCUT2D eigenvalue weighted by Gasteiger charge is 2.45. The van der Waals surface area contributed by atoms with Crippen LogP contribution < -0.4 is 26.3 Å². The fourth-order valence-electron chi connectivity index (χ4n) is 9.47. The molecule has 0 aliphatic carbocycles. The predicted octanol–water partition coefficient (Wildman–Crippen LogP) is 1.94. The maximum Gasteiger partial charge on any atom is 0.514 e. The van der Waals surface area contributed by atoms with Crippen molar-refractivity contribution in [1.82, 2.24) is 41.0 Å². The monoisotopic (exact) mass is 1190 g/mol. The Morgan fingerprint density at radius 2 is 1.42 bits per heavy atom. The zero-order valence-electron chi connectivity index (χ0n) is 49.2. The Morgan fingerprint density at radius 1 is 0.807 bits per heavy atom. The van der Waals surface area contributed by atoms with Crippen molar-refractivity contribution < 1.29 is 91.2 Å². The fraction of sp³-hybridized carbons (Fsp3) is 0.630. The Balaban J connectivity index is 2.09. The molecule has 0 aromatic heterocycles. The molecule has 29 heteroatoms. The van der Waals surface area contributed by atoms with Gasteiger partial charge in [-0.05, 0) is 41.7 Å². The van der Waals surface area contributed by atoms with Gasteiger partial charge in [-0.2, -0.15) is 5.09 Å². The van der Waals surface area contributed by atoms with Crippen LogP contribution in [0.5, 0.6) is 0 Å². The van der Waals surface area contributed by atoms with Gasteiger partial charge in [0.1, 0.15) is 18.1 Å². The normalized spacial score (nSPS) is 17.1. The van der Waals surface area contributed by atoms with Crippen LogP contribution in [-0.2, 0) is 77.9 Å². The molecule has 0 bridgehead atoms. The third-order valence-corrected chi connectivity index (χ3v) is 15.9. The lowest BCUT2D eigenvalue weighted by Crippen LogP contribution is -2.60. The van der Waals surface area contributed by atoms with E-state index >= 15 is 0 Å². The van der Waals surface area contributed by atoms with Crippen LogP contribution in [0.3, 0.4) is 0 Å². The number of hydrogen-bond donors (Lipinski definition) is 9. The van der Waals surface area contributed by atoms with E-state index < -0.39 is 121 Å². The van der Waals surface area contributed by atoms with E-state index in [0.29, 0.717) is 50.1 Å². The number of methoxy groups -OCH3 is 2. The van der Waals surface area contributed by atoms with Gasteiger partial charge in [0.15, 0.2) is 0 Å². The van der Waals surface area contributed by atoms with E-state index in [2.05, 4.69) is 15.7 Å². The first-order valence-corrected chi connectivity index (χ1v) is 28.9. The standard InChI is InChI=1S/C54H85N10O18P/c1-12-35(6)49(40(79-10)32-44(68)63-26-16-19-39(63)50(80-11)36(7)51(73)57-38(54(76)77)31-37-17-14-13-15-18-37)62(9)53(75)47(33(2)3)58-52(74)48(34(4)5)61(8)42(66)24-27-81-29-30-82-28-25-56-83(78,60-59-41(65)20-22-45(69)70)64(55)43(67)21-23-46(71)72/h13-15,17-18,20-23,33-36,38-40,47-50H,12,16,19,24-32,55H2,1-11H3,(H6,56,57,58,69,70,71,72,73,74,76,77,78)/p+1/b22-20-,23-21-/t35-,36+,38-,39-,40+,47-,48-,49-,50+,83?/m0/s1. The van der Waals surface area contributed by atoms with Crippen LogP contribution >= 0.6 is 7.59 Å². The highest BCUT2D eigenvalue weighted by atomic mass is 31.2. The van der Waals surface area contributed by atoms with E-state index in [9.17, 15) is 57.6 Å². The van der Waals surface area contributed by atoms with Crippen LogP contribution in [0.25, 0.3) is 0 Å². The molecule has 464 valence electrons. The minimum absolute atomic E-state index is 0.0298. The van der Waals surface area contributed by atoms with Gasteiger partial charge < -0.3 is 59.6 Å². The molecule has 9 N–H and O–H groups in total. The van der Waals surface area contributed by atoms with E-state index in [1.54, 1.807) is 70.8 Å². The van der Waals surface area contributed by atoms with Crippen LogP contribution in [-0.4, -0.2) is 204 Å². The number of carboxylic acid groups (broad SMARTS) is 3. The van der Waals surface area contributed by atoms with Crippen LogP contribution in [0.1, 0.15) is 86.1 Å². The summed E-state index contributed by atoms with van der Waals surface area (Å²) in [5.41, 5.74) is 10.6. The molecule has 1 aliphatic heterocycles. The van der Waals surface area contributed by atoms with Gasteiger partial charge in [0, 0.05) is 70.5 Å². The molecule has 2 rings (SSSR count). The largest absolute Gasteiger partial charge is 0.514 e. The van der Waals surface area contributed by atoms with Crippen LogP contribution in [0.4, 0.5) is 0 Å². The number of amides is 7. The smallest absolute Gasteiger partial charge is 0.480 e. The molecule has 1 aromatic carbocycles. The summed E-state index contributed by atoms with van der Waals surface area (Å²) in [5.74, 6) is -10.8. The summed E-state index contributed by atoms with van der Waals surface area (Å²) in [7, 11) is 1.44. The van der Waals surface area contributed by atoms with Crippen molar-refractivity contribution in [2.75, 3.05) is 67.8 Å². The van der Waals surface area contributed by atoms with Crippen molar-refractivity contribution in [3.05, 3.63) is 60.2 Å². The summed E-state index contributed by atoms with van der Waals surface area (Å²) in [4.78, 5) is 133. The molecule has 0 saturated carbocycles. The second-order valence-electron chi connectivity index (χ2n) is 20.7. The van der Waals surface area contributed by atoms with Crippen molar-refractivity contribution in [1.29, 1.82) is 5.53 Å². The molecular formula is C54H86N10O18P+. The minimum atomic E-state index is -4.55. The number of likely N-dealkylation sites (N-methyl/N-ethyl adjacent to an activating group) is 2. The Bertz CT molecular complexity index is 2500. The topological polar surface area (TPSA) is 382 Å². The highest BCUT2D eigenvalue weighted by molar-refractivity contribution is 7.53. The van der Waals surface area contributed by atoms with Gasteiger partial charge in [-0.1, -0.05) is 85.2 Å². The maximum atomic E-state index is 14.7. The first kappa shape index (κ1) is 72.3. The molecule has 10 atom stereocenters. The molecule has 7 amide bonds. The fourth-order valence-corrected chi connectivity index (χ4v) is 10.8. The maximum absolute atomic E-state index is 14.7. The average Bonchev–Trinajstić information content (AvgIpc) is 4.03. The molecule has 1 saturated heterocycles. The van der Waals surface area contributed by atoms with Crippen molar-refractivity contribution in [2.24, 2.45) is 23.7 Å². The lowest BCUT2D eigenvalue weighted by atomic mass is 9.89. The minimum Gasteiger partial charge on any atom is -0.480 e. The quantitative estimate of drug-likeness (QED) is 0.0150. The number of carbonyl (C=O) groups is 10. The van der Waals surface area contributed by atoms with Gasteiger partial charge in [-0.25, -0.2) is 23.7 Å². The summed E-state index contributed by atoms with van der Waals surface area (Å²) < 4.78 is 36.2. The molecule has 1 fully saturated rings. The molecule has 1 aliphatic rings. The van der Waals surface area contributed by atoms with Crippen LogP contribution in [0.15, 0.2) is 54.6 Å². The van der Waals surface area contributed by atoms with Crippen molar-refractivity contribution in [3.63, 3.8) is 0 Å². The number of likely N-dealkylation sites (tertiary alicyclic amines) is 1. The molecule has 28 nitrogen and oxygen atoms in total. The van der Waals surface area contributed by atoms with Crippen molar-refractivity contribution in [2.45, 2.75) is 129 Å². The number of hydrogen-bond acceptors (Lipinski definition) is 16. The van der Waals surface area contributed by atoms with E-state index in [4.69, 9.17) is 34.7 Å². The predicted molar refractivity (Wildman–Crippen MR) is 299 cm³/mol. The molecular weight excluding hydrogens is 1110 g/mol. The number of benzene rings is 1. The van der Waals surface area contributed by atoms with Gasteiger partial charge in [-0.15, -0.1) is 5.20 Å². The molecule has 0 spiro atoms. The van der Waals surface area contributed by atoms with E-state index in [1.165, 1.54) is 31.1 Å². The second kappa shape index (κ2) is 36.0. The van der Waals surface area contributed by atoms with Crippen LogP contribution in [0, 0.1) is 29.2 Å². The van der Waals surface area contributed by atoms with Crippen molar-refractivity contribution in [3.8, 4) is 0 Å². The summed E-state index contributed by atoms with van der Waals surface area (Å²) in [6.07, 6.45) is 1.83. The molecule has 83 heavy (non-hydrogen) atoms. The number of nitrogens with zero attached hydrogens (tertiary/aromatic N) is 4. The third kappa shape index (κ3) is 23.0. The third-order valence-electron chi connectivity index (χ3n) is 14.1. The van der Waals surface area contributed by atoms with E-state index in [1.807, 2.05) is 30.5 Å². The SMILES string of the molecule is CC[C@H](C)[C@@H]([C@@H](CC(=O)N1CCC[C@H]1[C@H](OC)[C@@H](C)C(=O)N[C@@H](Cc1ccccc1)C(=O)O)OC)N(C)C(=O)[C@@H](NC(=O)[C@H](C(C)C)N(C)C(=O)CCOCCOCCNP(=O)(NNC(=O)/C=C\C(=O)O)[N+](=N)C(=O)/C=C\C(=O)O)C(C)C.